The van der Waals surface area contributed by atoms with Gasteiger partial charge in [0, 0.05) is 18.1 Å². The highest BCUT2D eigenvalue weighted by Gasteiger charge is 2.31. The topological polar surface area (TPSA) is 75.4 Å². The van der Waals surface area contributed by atoms with Crippen molar-refractivity contribution in [1.29, 1.82) is 0 Å². The lowest BCUT2D eigenvalue weighted by molar-refractivity contribution is -0.121. The highest BCUT2D eigenvalue weighted by atomic mass is 16.3. The number of carbonyl (C=O) groups is 2. The average molecular weight is 363 g/mol. The third kappa shape index (κ3) is 3.30. The Morgan fingerprint density at radius 2 is 2.07 bits per heavy atom. The number of hydrogen-bond donors (Lipinski definition) is 1. The number of benzene rings is 1. The minimum Gasteiger partial charge on any atom is -0.451 e. The first-order valence-electron chi connectivity index (χ1n) is 9.06. The number of piperidine rings is 1. The van der Waals surface area contributed by atoms with Crippen LogP contribution in [0, 0.1) is 13.8 Å². The number of nitrogens with one attached hydrogen (secondary N) is 1. The Morgan fingerprint density at radius 3 is 2.85 bits per heavy atom. The Balaban J connectivity index is 1.53. The molecule has 1 saturated heterocycles. The van der Waals surface area contributed by atoms with Crippen LogP contribution in [0.25, 0.3) is 11.0 Å². The number of aryl methyl sites for hydroxylation is 2. The first-order valence-corrected chi connectivity index (χ1v) is 9.06. The van der Waals surface area contributed by atoms with E-state index in [4.69, 9.17) is 4.42 Å². The molecule has 3 aromatic rings. The minimum absolute atomic E-state index is 0.120. The van der Waals surface area contributed by atoms with Crippen LogP contribution >= 0.6 is 0 Å². The molecule has 0 bridgehead atoms. The molecule has 138 valence electrons. The second-order valence-corrected chi connectivity index (χ2v) is 6.95. The van der Waals surface area contributed by atoms with Gasteiger partial charge in [-0.25, -0.2) is 0 Å². The van der Waals surface area contributed by atoms with Gasteiger partial charge in [0.2, 0.25) is 5.91 Å². The van der Waals surface area contributed by atoms with E-state index < -0.39 is 6.04 Å². The first-order chi connectivity index (χ1) is 13.0. The summed E-state index contributed by atoms with van der Waals surface area (Å²) in [7, 11) is 0. The van der Waals surface area contributed by atoms with E-state index >= 15 is 0 Å². The largest absolute Gasteiger partial charge is 0.451 e. The van der Waals surface area contributed by atoms with Gasteiger partial charge in [0.15, 0.2) is 5.76 Å². The van der Waals surface area contributed by atoms with E-state index in [1.54, 1.807) is 29.4 Å². The lowest BCUT2D eigenvalue weighted by atomic mass is 10.0. The molecule has 1 aliphatic rings. The number of carbonyl (C=O) groups excluding carboxylic acids is 2. The van der Waals surface area contributed by atoms with Gasteiger partial charge < -0.3 is 14.6 Å². The van der Waals surface area contributed by atoms with Gasteiger partial charge in [0.05, 0.1) is 11.9 Å². The molecular formula is C21H21N3O3. The van der Waals surface area contributed by atoms with Crippen molar-refractivity contribution < 1.29 is 14.0 Å². The van der Waals surface area contributed by atoms with Crippen LogP contribution in [0.3, 0.4) is 0 Å². The molecule has 1 aromatic carbocycles. The molecule has 6 nitrogen and oxygen atoms in total. The highest BCUT2D eigenvalue weighted by molar-refractivity contribution is 6.03. The summed E-state index contributed by atoms with van der Waals surface area (Å²) >= 11 is 0. The van der Waals surface area contributed by atoms with Crippen molar-refractivity contribution in [2.45, 2.75) is 32.7 Å². The fourth-order valence-corrected chi connectivity index (χ4v) is 3.42. The summed E-state index contributed by atoms with van der Waals surface area (Å²) in [5.74, 6) is -0.264. The van der Waals surface area contributed by atoms with Crippen molar-refractivity contribution in [3.63, 3.8) is 0 Å². The molecule has 0 spiro atoms. The Labute approximate surface area is 157 Å². The number of nitrogens with zero attached hydrogens (tertiary/aromatic N) is 2. The molecule has 0 saturated carbocycles. The van der Waals surface area contributed by atoms with Gasteiger partial charge in [-0.15, -0.1) is 0 Å². The number of rotatable bonds is 3. The van der Waals surface area contributed by atoms with E-state index in [1.165, 1.54) is 0 Å². The molecule has 2 amide bonds. The summed E-state index contributed by atoms with van der Waals surface area (Å²) < 4.78 is 5.71. The lowest BCUT2D eigenvalue weighted by Gasteiger charge is -2.32. The van der Waals surface area contributed by atoms with E-state index in [0.717, 1.165) is 28.6 Å². The van der Waals surface area contributed by atoms with Crippen LogP contribution in [-0.4, -0.2) is 29.4 Å². The van der Waals surface area contributed by atoms with Crippen molar-refractivity contribution in [1.82, 2.24) is 10.3 Å². The van der Waals surface area contributed by atoms with Crippen LogP contribution in [0.5, 0.6) is 0 Å². The smallest absolute Gasteiger partial charge is 0.287 e. The van der Waals surface area contributed by atoms with Crippen molar-refractivity contribution in [3.8, 4) is 0 Å². The molecule has 1 atom stereocenters. The maximum atomic E-state index is 12.8. The molecule has 1 aliphatic heterocycles. The maximum absolute atomic E-state index is 12.8. The number of furan rings is 1. The molecule has 0 aliphatic carbocycles. The second kappa shape index (κ2) is 6.87. The van der Waals surface area contributed by atoms with Gasteiger partial charge in [-0.1, -0.05) is 0 Å². The average Bonchev–Trinajstić information content (AvgIpc) is 3.07. The van der Waals surface area contributed by atoms with Crippen molar-refractivity contribution in [3.05, 3.63) is 59.6 Å². The van der Waals surface area contributed by atoms with Crippen LogP contribution in [0.4, 0.5) is 5.69 Å². The van der Waals surface area contributed by atoms with Crippen LogP contribution in [0.1, 0.15) is 34.5 Å². The third-order valence-electron chi connectivity index (χ3n) is 5.06. The molecule has 6 heteroatoms. The van der Waals surface area contributed by atoms with Crippen molar-refractivity contribution >= 4 is 28.5 Å². The summed E-state index contributed by atoms with van der Waals surface area (Å²) in [6, 6.07) is 8.73. The molecule has 27 heavy (non-hydrogen) atoms. The van der Waals surface area contributed by atoms with Gasteiger partial charge in [-0.3, -0.25) is 14.6 Å². The summed E-state index contributed by atoms with van der Waals surface area (Å²) in [5.41, 5.74) is 3.68. The Hall–Kier alpha value is -3.15. The Kier molecular flexibility index (Phi) is 4.39. The van der Waals surface area contributed by atoms with Crippen LogP contribution in [-0.2, 0) is 4.79 Å². The molecule has 2 aromatic heterocycles. The molecule has 1 N–H and O–H groups in total. The highest BCUT2D eigenvalue weighted by Crippen LogP contribution is 2.24. The second-order valence-electron chi connectivity index (χ2n) is 6.95. The number of aromatic nitrogens is 1. The third-order valence-corrected chi connectivity index (χ3v) is 5.06. The number of anilines is 1. The number of hydrogen-bond acceptors (Lipinski definition) is 4. The van der Waals surface area contributed by atoms with E-state index in [2.05, 4.69) is 10.3 Å². The monoisotopic (exact) mass is 363 g/mol. The number of amides is 2. The normalized spacial score (nSPS) is 17.3. The van der Waals surface area contributed by atoms with E-state index in [1.807, 2.05) is 32.0 Å². The quantitative estimate of drug-likeness (QED) is 0.774. The van der Waals surface area contributed by atoms with Crippen LogP contribution in [0.2, 0.25) is 0 Å². The summed E-state index contributed by atoms with van der Waals surface area (Å²) in [4.78, 5) is 31.2. The standard InChI is InChI=1S/C21H21N3O3/c1-13-9-15-11-19(27-18(15)10-14(13)2)20(25)23-17-6-4-8-24(21(17)26)16-5-3-7-22-12-16/h3,5,7,9-12,17H,4,6,8H2,1-2H3,(H,23,25). The van der Waals surface area contributed by atoms with E-state index in [9.17, 15) is 9.59 Å². The maximum Gasteiger partial charge on any atom is 0.287 e. The van der Waals surface area contributed by atoms with E-state index in [0.29, 0.717) is 18.5 Å². The van der Waals surface area contributed by atoms with Crippen LogP contribution in [0.15, 0.2) is 47.1 Å². The fraction of sp³-hybridized carbons (Fsp3) is 0.286. The minimum atomic E-state index is -0.567. The summed E-state index contributed by atoms with van der Waals surface area (Å²) in [6.45, 7) is 4.65. The summed E-state index contributed by atoms with van der Waals surface area (Å²) in [5, 5.41) is 3.72. The summed E-state index contributed by atoms with van der Waals surface area (Å²) in [6.07, 6.45) is 4.75. The molecular weight excluding hydrogens is 342 g/mol. The van der Waals surface area contributed by atoms with Crippen molar-refractivity contribution in [2.75, 3.05) is 11.4 Å². The SMILES string of the molecule is Cc1cc2cc(C(=O)NC3CCCN(c4cccnc4)C3=O)oc2cc1C. The van der Waals surface area contributed by atoms with Gasteiger partial charge in [0.1, 0.15) is 11.6 Å². The van der Waals surface area contributed by atoms with Crippen LogP contribution < -0.4 is 10.2 Å². The molecule has 3 heterocycles. The molecule has 0 radical (unpaired) electrons. The van der Waals surface area contributed by atoms with Gasteiger partial charge in [-0.2, -0.15) is 0 Å². The van der Waals surface area contributed by atoms with Gasteiger partial charge in [-0.05, 0) is 68.1 Å². The van der Waals surface area contributed by atoms with Gasteiger partial charge >= 0.3 is 0 Å². The zero-order valence-corrected chi connectivity index (χ0v) is 15.4. The zero-order valence-electron chi connectivity index (χ0n) is 15.4. The van der Waals surface area contributed by atoms with Gasteiger partial charge in [0.25, 0.3) is 5.91 Å². The zero-order chi connectivity index (χ0) is 19.0. The fourth-order valence-electron chi connectivity index (χ4n) is 3.42. The van der Waals surface area contributed by atoms with E-state index in [-0.39, 0.29) is 17.6 Å². The predicted molar refractivity (Wildman–Crippen MR) is 103 cm³/mol. The molecule has 1 unspecified atom stereocenters. The number of fused-ring (bicyclic) bond motifs is 1. The van der Waals surface area contributed by atoms with Crippen molar-refractivity contribution in [2.24, 2.45) is 0 Å². The molecule has 4 rings (SSSR count). The Bertz CT molecular complexity index is 971. The predicted octanol–water partition coefficient (Wildman–Crippen LogP) is 3.37. The number of pyridine rings is 1. The molecule has 1 fully saturated rings. The Morgan fingerprint density at radius 1 is 1.26 bits per heavy atom. The first kappa shape index (κ1) is 17.3. The lowest BCUT2D eigenvalue weighted by Crippen LogP contribution is -2.52.